The molecule has 1 saturated heterocycles. The van der Waals surface area contributed by atoms with Crippen molar-refractivity contribution in [2.75, 3.05) is 33.5 Å². The number of hydrogen-bond acceptors (Lipinski definition) is 5. The van der Waals surface area contributed by atoms with Gasteiger partial charge in [0.05, 0.1) is 44.0 Å². The number of nitrogens with zero attached hydrogens (tertiary/aromatic N) is 3. The molecule has 2 rings (SSSR count). The first-order valence-corrected chi connectivity index (χ1v) is 6.74. The van der Waals surface area contributed by atoms with Crippen LogP contribution in [0.3, 0.4) is 0 Å². The summed E-state index contributed by atoms with van der Waals surface area (Å²) in [7, 11) is 1.70. The van der Waals surface area contributed by atoms with Crippen molar-refractivity contribution in [3.05, 3.63) is 18.2 Å². The summed E-state index contributed by atoms with van der Waals surface area (Å²) < 4.78 is 12.5. The van der Waals surface area contributed by atoms with Crippen LogP contribution in [-0.2, 0) is 22.6 Å². The van der Waals surface area contributed by atoms with Crippen LogP contribution in [0.2, 0.25) is 0 Å². The summed E-state index contributed by atoms with van der Waals surface area (Å²) in [5.74, 6) is 0. The number of ether oxygens (including phenoxy) is 2. The number of methoxy groups -OCH3 is 1. The van der Waals surface area contributed by atoms with E-state index in [0.29, 0.717) is 19.8 Å². The van der Waals surface area contributed by atoms with E-state index >= 15 is 0 Å². The predicted octanol–water partition coefficient (Wildman–Crippen LogP) is 0.111. The summed E-state index contributed by atoms with van der Waals surface area (Å²) in [6, 6.07) is 0.0794. The number of imidazole rings is 1. The summed E-state index contributed by atoms with van der Waals surface area (Å²) in [4.78, 5) is 6.43. The largest absolute Gasteiger partial charge is 0.389 e. The van der Waals surface area contributed by atoms with Crippen LogP contribution in [0.15, 0.2) is 12.5 Å². The molecule has 1 aromatic rings. The molecule has 6 heteroatoms. The normalized spacial score (nSPS) is 23.4. The van der Waals surface area contributed by atoms with Gasteiger partial charge in [0.25, 0.3) is 0 Å². The molecule has 1 aliphatic heterocycles. The Morgan fingerprint density at radius 2 is 2.42 bits per heavy atom. The Bertz CT molecular complexity index is 383. The fraction of sp³-hybridized carbons (Fsp3) is 0.769. The Morgan fingerprint density at radius 1 is 1.58 bits per heavy atom. The molecule has 19 heavy (non-hydrogen) atoms. The molecule has 1 N–H and O–H groups in total. The van der Waals surface area contributed by atoms with Gasteiger partial charge in [-0.05, 0) is 6.54 Å². The quantitative estimate of drug-likeness (QED) is 0.761. The van der Waals surface area contributed by atoms with Crippen LogP contribution < -0.4 is 0 Å². The highest BCUT2D eigenvalue weighted by Gasteiger charge is 2.31. The van der Waals surface area contributed by atoms with Crippen molar-refractivity contribution in [3.8, 4) is 0 Å². The molecule has 2 atom stereocenters. The van der Waals surface area contributed by atoms with Gasteiger partial charge >= 0.3 is 0 Å². The van der Waals surface area contributed by atoms with E-state index in [4.69, 9.17) is 9.47 Å². The molecule has 0 radical (unpaired) electrons. The van der Waals surface area contributed by atoms with Gasteiger partial charge < -0.3 is 19.1 Å². The summed E-state index contributed by atoms with van der Waals surface area (Å²) >= 11 is 0. The second kappa shape index (κ2) is 7.00. The van der Waals surface area contributed by atoms with Crippen molar-refractivity contribution in [1.29, 1.82) is 0 Å². The maximum atomic E-state index is 9.92. The van der Waals surface area contributed by atoms with Crippen LogP contribution in [-0.4, -0.2) is 65.2 Å². The number of aliphatic hydroxyl groups excluding tert-OH is 1. The SMILES string of the molecule is CCN(Cc1cncn1CCOC)[C@@H]1COC[C@H]1O. The second-order valence-corrected chi connectivity index (χ2v) is 4.81. The molecular weight excluding hydrogens is 246 g/mol. The molecule has 0 bridgehead atoms. The predicted molar refractivity (Wildman–Crippen MR) is 70.8 cm³/mol. The Balaban J connectivity index is 1.99. The van der Waals surface area contributed by atoms with Crippen LogP contribution >= 0.6 is 0 Å². The van der Waals surface area contributed by atoms with E-state index in [2.05, 4.69) is 21.4 Å². The van der Waals surface area contributed by atoms with Gasteiger partial charge in [-0.3, -0.25) is 4.90 Å². The molecular formula is C13H23N3O3. The van der Waals surface area contributed by atoms with Crippen molar-refractivity contribution < 1.29 is 14.6 Å². The summed E-state index contributed by atoms with van der Waals surface area (Å²) in [6.07, 6.45) is 3.31. The first-order chi connectivity index (χ1) is 9.26. The van der Waals surface area contributed by atoms with Gasteiger partial charge in [0.1, 0.15) is 0 Å². The molecule has 0 unspecified atom stereocenters. The minimum atomic E-state index is -0.393. The van der Waals surface area contributed by atoms with Gasteiger partial charge in [0, 0.05) is 26.4 Å². The van der Waals surface area contributed by atoms with Crippen molar-refractivity contribution >= 4 is 0 Å². The van der Waals surface area contributed by atoms with Gasteiger partial charge in [-0.15, -0.1) is 0 Å². The lowest BCUT2D eigenvalue weighted by Gasteiger charge is -2.28. The van der Waals surface area contributed by atoms with Crippen LogP contribution in [0.4, 0.5) is 0 Å². The third-order valence-corrected chi connectivity index (χ3v) is 3.60. The minimum absolute atomic E-state index is 0.0794. The number of likely N-dealkylation sites (N-methyl/N-ethyl adjacent to an activating group) is 1. The van der Waals surface area contributed by atoms with E-state index in [0.717, 1.165) is 25.3 Å². The molecule has 0 spiro atoms. The Kier molecular flexibility index (Phi) is 5.33. The average molecular weight is 269 g/mol. The lowest BCUT2D eigenvalue weighted by Crippen LogP contribution is -2.42. The highest BCUT2D eigenvalue weighted by atomic mass is 16.5. The van der Waals surface area contributed by atoms with Crippen molar-refractivity contribution in [2.45, 2.75) is 32.2 Å². The lowest BCUT2D eigenvalue weighted by molar-refractivity contribution is 0.0791. The van der Waals surface area contributed by atoms with Crippen molar-refractivity contribution in [1.82, 2.24) is 14.5 Å². The number of aliphatic hydroxyl groups is 1. The van der Waals surface area contributed by atoms with E-state index in [-0.39, 0.29) is 6.04 Å². The van der Waals surface area contributed by atoms with E-state index in [9.17, 15) is 5.11 Å². The summed E-state index contributed by atoms with van der Waals surface area (Å²) in [5.41, 5.74) is 1.14. The molecule has 108 valence electrons. The smallest absolute Gasteiger partial charge is 0.0950 e. The first-order valence-electron chi connectivity index (χ1n) is 6.74. The highest BCUT2D eigenvalue weighted by molar-refractivity contribution is 5.00. The van der Waals surface area contributed by atoms with E-state index in [1.807, 2.05) is 12.5 Å². The topological polar surface area (TPSA) is 59.8 Å². The fourth-order valence-electron chi connectivity index (χ4n) is 2.42. The van der Waals surface area contributed by atoms with E-state index < -0.39 is 6.10 Å². The average Bonchev–Trinajstić information content (AvgIpc) is 3.02. The summed E-state index contributed by atoms with van der Waals surface area (Å²) in [6.45, 7) is 6.25. The van der Waals surface area contributed by atoms with Gasteiger partial charge in [0.2, 0.25) is 0 Å². The zero-order valence-electron chi connectivity index (χ0n) is 11.7. The molecule has 0 aromatic carbocycles. The standard InChI is InChI=1S/C13H23N3O3/c1-3-15(12-8-19-9-13(12)17)7-11-6-14-10-16(11)4-5-18-2/h6,10,12-13,17H,3-5,7-9H2,1-2H3/t12-,13-/m1/s1. The molecule has 0 saturated carbocycles. The minimum Gasteiger partial charge on any atom is -0.389 e. The first kappa shape index (κ1) is 14.5. The van der Waals surface area contributed by atoms with Crippen LogP contribution in [0, 0.1) is 0 Å². The molecule has 0 amide bonds. The lowest BCUT2D eigenvalue weighted by atomic mass is 10.1. The molecule has 1 aromatic heterocycles. The van der Waals surface area contributed by atoms with Crippen LogP contribution in [0.25, 0.3) is 0 Å². The zero-order chi connectivity index (χ0) is 13.7. The molecule has 1 fully saturated rings. The Labute approximate surface area is 113 Å². The molecule has 6 nitrogen and oxygen atoms in total. The maximum Gasteiger partial charge on any atom is 0.0950 e. The number of hydrogen-bond donors (Lipinski definition) is 1. The molecule has 1 aliphatic rings. The summed E-state index contributed by atoms with van der Waals surface area (Å²) in [5, 5.41) is 9.92. The Hall–Kier alpha value is -0.950. The fourth-order valence-corrected chi connectivity index (χ4v) is 2.42. The van der Waals surface area contributed by atoms with Crippen LogP contribution in [0.5, 0.6) is 0 Å². The van der Waals surface area contributed by atoms with Gasteiger partial charge in [-0.25, -0.2) is 4.98 Å². The molecule has 2 heterocycles. The number of rotatable bonds is 7. The maximum absolute atomic E-state index is 9.92. The Morgan fingerprint density at radius 3 is 3.05 bits per heavy atom. The third-order valence-electron chi connectivity index (χ3n) is 3.60. The zero-order valence-corrected chi connectivity index (χ0v) is 11.7. The van der Waals surface area contributed by atoms with Crippen LogP contribution in [0.1, 0.15) is 12.6 Å². The van der Waals surface area contributed by atoms with Gasteiger partial charge in [-0.1, -0.05) is 6.92 Å². The van der Waals surface area contributed by atoms with Crippen molar-refractivity contribution in [3.63, 3.8) is 0 Å². The van der Waals surface area contributed by atoms with Gasteiger partial charge in [-0.2, -0.15) is 0 Å². The van der Waals surface area contributed by atoms with Gasteiger partial charge in [0.15, 0.2) is 0 Å². The monoisotopic (exact) mass is 269 g/mol. The number of aromatic nitrogens is 2. The second-order valence-electron chi connectivity index (χ2n) is 4.81. The highest BCUT2D eigenvalue weighted by Crippen LogP contribution is 2.16. The van der Waals surface area contributed by atoms with E-state index in [1.54, 1.807) is 7.11 Å². The van der Waals surface area contributed by atoms with E-state index in [1.165, 1.54) is 0 Å². The third kappa shape index (κ3) is 3.54. The molecule has 0 aliphatic carbocycles. The van der Waals surface area contributed by atoms with Crippen molar-refractivity contribution in [2.24, 2.45) is 0 Å².